The van der Waals surface area contributed by atoms with Crippen molar-refractivity contribution in [3.05, 3.63) is 71.8 Å². The third kappa shape index (κ3) is 3.68. The van der Waals surface area contributed by atoms with Crippen molar-refractivity contribution in [1.29, 1.82) is 0 Å². The highest BCUT2D eigenvalue weighted by Gasteiger charge is 2.34. The maximum absolute atomic E-state index is 13.0. The zero-order valence-corrected chi connectivity index (χ0v) is 14.6. The van der Waals surface area contributed by atoms with E-state index in [1.165, 1.54) is 5.56 Å². The van der Waals surface area contributed by atoms with Gasteiger partial charge in [-0.1, -0.05) is 60.7 Å². The monoisotopic (exact) mass is 322 g/mol. The maximum atomic E-state index is 13.0. The van der Waals surface area contributed by atoms with Gasteiger partial charge in [-0.15, -0.1) is 0 Å². The molecule has 24 heavy (non-hydrogen) atoms. The average Bonchev–Trinajstić information content (AvgIpc) is 2.63. The van der Waals surface area contributed by atoms with Gasteiger partial charge in [0.25, 0.3) is 0 Å². The first-order valence-corrected chi connectivity index (χ1v) is 8.68. The lowest BCUT2D eigenvalue weighted by molar-refractivity contribution is -0.138. The Bertz CT molecular complexity index is 659. The van der Waals surface area contributed by atoms with Gasteiger partial charge in [-0.25, -0.2) is 0 Å². The fraction of sp³-hybridized carbons (Fsp3) is 0.381. The molecular formula is C21H26N2O. The van der Waals surface area contributed by atoms with Crippen molar-refractivity contribution in [3.63, 3.8) is 0 Å². The normalized spacial score (nSPS) is 16.2. The lowest BCUT2D eigenvalue weighted by Crippen LogP contribution is -2.52. The number of carbonyl (C=O) groups is 1. The van der Waals surface area contributed by atoms with Crippen molar-refractivity contribution >= 4 is 5.91 Å². The zero-order chi connectivity index (χ0) is 17.0. The minimum atomic E-state index is -0.469. The summed E-state index contributed by atoms with van der Waals surface area (Å²) in [5, 5.41) is 0. The number of carbonyl (C=O) groups excluding carboxylic acids is 1. The van der Waals surface area contributed by atoms with Crippen LogP contribution >= 0.6 is 0 Å². The molecule has 2 aromatic rings. The van der Waals surface area contributed by atoms with E-state index >= 15 is 0 Å². The third-order valence-electron chi connectivity index (χ3n) is 4.94. The minimum Gasteiger partial charge on any atom is -0.339 e. The topological polar surface area (TPSA) is 23.6 Å². The third-order valence-corrected chi connectivity index (χ3v) is 4.94. The van der Waals surface area contributed by atoms with Crippen LogP contribution in [0.3, 0.4) is 0 Å². The molecule has 0 aliphatic carbocycles. The number of nitrogens with zero attached hydrogens (tertiary/aromatic N) is 2. The van der Waals surface area contributed by atoms with Crippen molar-refractivity contribution in [2.75, 3.05) is 26.2 Å². The first-order valence-electron chi connectivity index (χ1n) is 8.68. The summed E-state index contributed by atoms with van der Waals surface area (Å²) in [7, 11) is 0. The van der Waals surface area contributed by atoms with Gasteiger partial charge < -0.3 is 4.90 Å². The first-order chi connectivity index (χ1) is 11.6. The van der Waals surface area contributed by atoms with Gasteiger partial charge in [-0.3, -0.25) is 9.69 Å². The van der Waals surface area contributed by atoms with Gasteiger partial charge in [0.1, 0.15) is 0 Å². The number of hydrogen-bond donors (Lipinski definition) is 0. The Balaban J connectivity index is 1.59. The molecule has 0 saturated carbocycles. The van der Waals surface area contributed by atoms with E-state index in [2.05, 4.69) is 29.2 Å². The molecule has 1 amide bonds. The molecule has 1 saturated heterocycles. The van der Waals surface area contributed by atoms with E-state index < -0.39 is 5.41 Å². The van der Waals surface area contributed by atoms with E-state index in [0.29, 0.717) is 0 Å². The molecular weight excluding hydrogens is 296 g/mol. The zero-order valence-electron chi connectivity index (χ0n) is 14.6. The summed E-state index contributed by atoms with van der Waals surface area (Å²) in [5.41, 5.74) is 1.95. The number of rotatable bonds is 4. The molecule has 1 aliphatic rings. The van der Waals surface area contributed by atoms with E-state index in [9.17, 15) is 4.79 Å². The molecule has 0 bridgehead atoms. The second-order valence-corrected chi connectivity index (χ2v) is 7.04. The number of piperazine rings is 1. The molecule has 3 rings (SSSR count). The molecule has 126 valence electrons. The number of amides is 1. The number of hydrogen-bond acceptors (Lipinski definition) is 2. The van der Waals surface area contributed by atoms with Crippen LogP contribution in [0.1, 0.15) is 25.0 Å². The van der Waals surface area contributed by atoms with Gasteiger partial charge in [-0.2, -0.15) is 0 Å². The van der Waals surface area contributed by atoms with Crippen LogP contribution in [-0.4, -0.2) is 41.9 Å². The number of benzene rings is 2. The van der Waals surface area contributed by atoms with E-state index in [0.717, 1.165) is 38.3 Å². The Morgan fingerprint density at radius 2 is 1.42 bits per heavy atom. The molecule has 1 aliphatic heterocycles. The molecule has 1 heterocycles. The predicted octanol–water partition coefficient (Wildman–Crippen LogP) is 3.31. The van der Waals surface area contributed by atoms with Crippen LogP contribution < -0.4 is 0 Å². The molecule has 1 fully saturated rings. The molecule has 0 spiro atoms. The fourth-order valence-corrected chi connectivity index (χ4v) is 3.32. The van der Waals surface area contributed by atoms with Crippen molar-refractivity contribution in [1.82, 2.24) is 9.80 Å². The van der Waals surface area contributed by atoms with Gasteiger partial charge >= 0.3 is 0 Å². The SMILES string of the molecule is CC(C)(C(=O)N1CCN(Cc2ccccc2)CC1)c1ccccc1. The highest BCUT2D eigenvalue weighted by Crippen LogP contribution is 2.26. The Kier molecular flexibility index (Phi) is 5.00. The summed E-state index contributed by atoms with van der Waals surface area (Å²) in [6.45, 7) is 8.51. The quantitative estimate of drug-likeness (QED) is 0.862. The van der Waals surface area contributed by atoms with Gasteiger partial charge in [0.2, 0.25) is 5.91 Å². The second kappa shape index (κ2) is 7.18. The minimum absolute atomic E-state index is 0.230. The molecule has 3 heteroatoms. The smallest absolute Gasteiger partial charge is 0.232 e. The Morgan fingerprint density at radius 1 is 0.875 bits per heavy atom. The van der Waals surface area contributed by atoms with Gasteiger partial charge in [0.05, 0.1) is 5.41 Å². The summed E-state index contributed by atoms with van der Waals surface area (Å²) < 4.78 is 0. The largest absolute Gasteiger partial charge is 0.339 e. The standard InChI is InChI=1S/C21H26N2O/c1-21(2,19-11-7-4-8-12-19)20(24)23-15-13-22(14-16-23)17-18-9-5-3-6-10-18/h3-12H,13-17H2,1-2H3. The molecule has 3 nitrogen and oxygen atoms in total. The van der Waals surface area contributed by atoms with E-state index in [-0.39, 0.29) is 5.91 Å². The van der Waals surface area contributed by atoms with Crippen LogP contribution in [0.5, 0.6) is 0 Å². The van der Waals surface area contributed by atoms with Crippen LogP contribution in [-0.2, 0) is 16.8 Å². The lowest BCUT2D eigenvalue weighted by atomic mass is 9.83. The highest BCUT2D eigenvalue weighted by atomic mass is 16.2. The Morgan fingerprint density at radius 3 is 2.00 bits per heavy atom. The fourth-order valence-electron chi connectivity index (χ4n) is 3.32. The molecule has 0 N–H and O–H groups in total. The lowest BCUT2D eigenvalue weighted by Gasteiger charge is -2.38. The van der Waals surface area contributed by atoms with Crippen LogP contribution in [0.2, 0.25) is 0 Å². The van der Waals surface area contributed by atoms with Crippen LogP contribution in [0, 0.1) is 0 Å². The van der Waals surface area contributed by atoms with Crippen molar-refractivity contribution in [2.24, 2.45) is 0 Å². The van der Waals surface area contributed by atoms with E-state index in [4.69, 9.17) is 0 Å². The highest BCUT2D eigenvalue weighted by molar-refractivity contribution is 5.87. The molecule has 0 radical (unpaired) electrons. The van der Waals surface area contributed by atoms with E-state index in [1.807, 2.05) is 55.1 Å². The molecule has 0 unspecified atom stereocenters. The Hall–Kier alpha value is -2.13. The van der Waals surface area contributed by atoms with Crippen LogP contribution in [0.15, 0.2) is 60.7 Å². The van der Waals surface area contributed by atoms with Crippen molar-refractivity contribution < 1.29 is 4.79 Å². The summed E-state index contributed by atoms with van der Waals surface area (Å²) in [6, 6.07) is 20.6. The summed E-state index contributed by atoms with van der Waals surface area (Å²) in [5.74, 6) is 0.230. The maximum Gasteiger partial charge on any atom is 0.232 e. The van der Waals surface area contributed by atoms with Crippen molar-refractivity contribution in [2.45, 2.75) is 25.8 Å². The summed E-state index contributed by atoms with van der Waals surface area (Å²) >= 11 is 0. The predicted molar refractivity (Wildman–Crippen MR) is 97.8 cm³/mol. The van der Waals surface area contributed by atoms with Crippen LogP contribution in [0.25, 0.3) is 0 Å². The van der Waals surface area contributed by atoms with Crippen molar-refractivity contribution in [3.8, 4) is 0 Å². The molecule has 0 atom stereocenters. The van der Waals surface area contributed by atoms with Crippen LogP contribution in [0.4, 0.5) is 0 Å². The average molecular weight is 322 g/mol. The van der Waals surface area contributed by atoms with E-state index in [1.54, 1.807) is 0 Å². The molecule has 2 aromatic carbocycles. The first kappa shape index (κ1) is 16.7. The van der Waals surface area contributed by atoms with Gasteiger partial charge in [-0.05, 0) is 25.0 Å². The summed E-state index contributed by atoms with van der Waals surface area (Å²) in [6.07, 6.45) is 0. The van der Waals surface area contributed by atoms with Gasteiger partial charge in [0, 0.05) is 32.7 Å². The summed E-state index contributed by atoms with van der Waals surface area (Å²) in [4.78, 5) is 17.4. The second-order valence-electron chi connectivity index (χ2n) is 7.04. The Labute approximate surface area is 144 Å². The molecule has 0 aromatic heterocycles. The van der Waals surface area contributed by atoms with Gasteiger partial charge in [0.15, 0.2) is 0 Å².